The minimum Gasteiger partial charge on any atom is -0.341 e. The van der Waals surface area contributed by atoms with Crippen LogP contribution < -0.4 is 5.32 Å². The Balaban J connectivity index is 0.00000506. The lowest BCUT2D eigenvalue weighted by atomic mass is 9.79. The van der Waals surface area contributed by atoms with E-state index in [1.54, 1.807) is 6.92 Å². The Morgan fingerprint density at radius 3 is 2.09 bits per heavy atom. The zero-order chi connectivity index (χ0) is 31.0. The summed E-state index contributed by atoms with van der Waals surface area (Å²) >= 11 is 0. The van der Waals surface area contributed by atoms with Crippen molar-refractivity contribution in [3.05, 3.63) is 70.0 Å². The summed E-state index contributed by atoms with van der Waals surface area (Å²) in [5.41, 5.74) is -2.27. The first-order valence-corrected chi connectivity index (χ1v) is 15.0. The van der Waals surface area contributed by atoms with E-state index in [4.69, 9.17) is 0 Å². The van der Waals surface area contributed by atoms with Crippen LogP contribution >= 0.6 is 12.4 Å². The van der Waals surface area contributed by atoms with E-state index in [1.807, 2.05) is 0 Å². The Labute approximate surface area is 252 Å². The number of sulfonamides is 1. The lowest BCUT2D eigenvalue weighted by molar-refractivity contribution is -0.143. The van der Waals surface area contributed by atoms with Crippen molar-refractivity contribution in [2.24, 2.45) is 5.92 Å². The van der Waals surface area contributed by atoms with E-state index in [1.165, 1.54) is 29.6 Å². The van der Waals surface area contributed by atoms with E-state index >= 15 is 0 Å². The van der Waals surface area contributed by atoms with Crippen LogP contribution in [0.1, 0.15) is 53.0 Å². The summed E-state index contributed by atoms with van der Waals surface area (Å²) in [6.45, 7) is 2.16. The summed E-state index contributed by atoms with van der Waals surface area (Å²) in [5, 5.41) is 2.53. The van der Waals surface area contributed by atoms with Crippen molar-refractivity contribution in [3.8, 4) is 0 Å². The number of carbonyl (C=O) groups is 1. The Kier molecular flexibility index (Phi) is 10.8. The first-order valence-electron chi connectivity index (χ1n) is 13.5. The molecule has 2 aromatic carbocycles. The van der Waals surface area contributed by atoms with Gasteiger partial charge in [0.05, 0.1) is 16.4 Å². The molecule has 43 heavy (non-hydrogen) atoms. The van der Waals surface area contributed by atoms with Crippen LogP contribution in [0.2, 0.25) is 0 Å². The van der Waals surface area contributed by atoms with Crippen LogP contribution in [0.3, 0.4) is 0 Å². The number of piperidine rings is 2. The Morgan fingerprint density at radius 2 is 1.56 bits per heavy atom. The molecule has 0 unspecified atom stereocenters. The minimum atomic E-state index is -5.03. The van der Waals surface area contributed by atoms with E-state index in [9.17, 15) is 43.9 Å². The fraction of sp³-hybridized carbons (Fsp3) is 0.536. The number of alkyl halides is 6. The number of hydrogen-bond donors (Lipinski definition) is 1. The van der Waals surface area contributed by atoms with Gasteiger partial charge >= 0.3 is 12.4 Å². The molecule has 1 amide bonds. The third-order valence-corrected chi connectivity index (χ3v) is 10.4. The third kappa shape index (κ3) is 8.00. The van der Waals surface area contributed by atoms with Gasteiger partial charge < -0.3 is 10.2 Å². The second-order valence-electron chi connectivity index (χ2n) is 11.0. The number of rotatable bonds is 6. The fourth-order valence-corrected chi connectivity index (χ4v) is 7.85. The van der Waals surface area contributed by atoms with Gasteiger partial charge in [-0.15, -0.1) is 12.4 Å². The maximum absolute atomic E-state index is 13.9. The monoisotopic (exact) mass is 659 g/mol. The minimum absolute atomic E-state index is 0. The van der Waals surface area contributed by atoms with E-state index in [0.717, 1.165) is 4.90 Å². The van der Waals surface area contributed by atoms with Crippen molar-refractivity contribution in [2.75, 3.05) is 33.2 Å². The molecule has 0 spiro atoms. The van der Waals surface area contributed by atoms with Gasteiger partial charge in [0, 0.05) is 38.5 Å². The summed E-state index contributed by atoms with van der Waals surface area (Å²) in [7, 11) is -2.44. The summed E-state index contributed by atoms with van der Waals surface area (Å²) < 4.78 is 122. The van der Waals surface area contributed by atoms with Crippen LogP contribution in [0.15, 0.2) is 36.4 Å². The van der Waals surface area contributed by atoms with Crippen LogP contribution in [-0.2, 0) is 33.7 Å². The molecule has 4 rings (SSSR count). The lowest BCUT2D eigenvalue weighted by Gasteiger charge is -2.41. The third-order valence-electron chi connectivity index (χ3n) is 8.03. The molecule has 0 aliphatic carbocycles. The highest BCUT2D eigenvalue weighted by Crippen LogP contribution is 2.39. The molecular weight excluding hydrogens is 627 g/mol. The highest BCUT2D eigenvalue weighted by Gasteiger charge is 2.43. The second kappa shape index (κ2) is 13.3. The molecule has 2 aliphatic heterocycles. The highest BCUT2D eigenvalue weighted by atomic mass is 35.5. The summed E-state index contributed by atoms with van der Waals surface area (Å²) in [6.07, 6.45) is -9.12. The van der Waals surface area contributed by atoms with Crippen LogP contribution in [0.5, 0.6) is 0 Å². The molecule has 2 atom stereocenters. The van der Waals surface area contributed by atoms with E-state index in [2.05, 4.69) is 5.32 Å². The Hall–Kier alpha value is -2.42. The van der Waals surface area contributed by atoms with E-state index < -0.39 is 68.9 Å². The van der Waals surface area contributed by atoms with Gasteiger partial charge in [-0.2, -0.15) is 26.3 Å². The topological polar surface area (TPSA) is 69.7 Å². The van der Waals surface area contributed by atoms with Gasteiger partial charge in [0.25, 0.3) is 0 Å². The molecular formula is C28H33ClF7N3O3S. The molecule has 15 heteroatoms. The summed E-state index contributed by atoms with van der Waals surface area (Å²) in [6, 6.07) is 5.14. The van der Waals surface area contributed by atoms with Crippen LogP contribution in [0, 0.1) is 18.7 Å². The maximum Gasteiger partial charge on any atom is 0.416 e. The molecule has 2 saturated heterocycles. The normalized spacial score (nSPS) is 20.9. The first kappa shape index (κ1) is 35.1. The van der Waals surface area contributed by atoms with Crippen molar-refractivity contribution in [3.63, 3.8) is 0 Å². The highest BCUT2D eigenvalue weighted by molar-refractivity contribution is 7.89. The standard InChI is InChI=1S/C28H32F7N3O3S.ClH/c1-17-11-21(29)3-4-23(17)25-16-38(42(40,41)22-5-8-36-9-6-22)10-7-24(25)26(39)37(2)15-18-12-19(27(30,31)32)14-20(13-18)28(33,34)35;/h3-4,11-14,22,24-25,36H,5-10,15-16H2,1-2H3;1H/t24-,25+;/m1./s1. The molecule has 0 bridgehead atoms. The van der Waals surface area contributed by atoms with Gasteiger partial charge in [0.1, 0.15) is 5.82 Å². The molecule has 0 radical (unpaired) electrons. The SMILES string of the molecule is Cc1cc(F)ccc1[C@@H]1CN(S(=O)(=O)C2CCNCC2)CC[C@H]1C(=O)N(C)Cc1cc(C(F)(F)F)cc(C(F)(F)F)c1.Cl. The lowest BCUT2D eigenvalue weighted by Crippen LogP contribution is -2.51. The average molecular weight is 660 g/mol. The summed E-state index contributed by atoms with van der Waals surface area (Å²) in [4.78, 5) is 14.8. The predicted octanol–water partition coefficient (Wildman–Crippen LogP) is 5.74. The van der Waals surface area contributed by atoms with E-state index in [0.29, 0.717) is 49.2 Å². The Bertz CT molecular complexity index is 1380. The number of benzene rings is 2. The second-order valence-corrected chi connectivity index (χ2v) is 13.2. The molecule has 2 aromatic rings. The summed E-state index contributed by atoms with van der Waals surface area (Å²) in [5.74, 6) is -2.63. The molecule has 2 aliphatic rings. The van der Waals surface area contributed by atoms with Crippen molar-refractivity contribution < 1.29 is 43.9 Å². The maximum atomic E-state index is 13.9. The number of carbonyl (C=O) groups excluding carboxylic acids is 1. The zero-order valence-corrected chi connectivity index (χ0v) is 25.1. The molecule has 2 fully saturated rings. The quantitative estimate of drug-likeness (QED) is 0.402. The van der Waals surface area contributed by atoms with Crippen LogP contribution in [0.25, 0.3) is 0 Å². The molecule has 0 aromatic heterocycles. The van der Waals surface area contributed by atoms with Crippen molar-refractivity contribution in [1.82, 2.24) is 14.5 Å². The largest absolute Gasteiger partial charge is 0.416 e. The predicted molar refractivity (Wildman–Crippen MR) is 149 cm³/mol. The molecule has 240 valence electrons. The number of hydrogen-bond acceptors (Lipinski definition) is 4. The van der Waals surface area contributed by atoms with Gasteiger partial charge in [-0.1, -0.05) is 6.07 Å². The van der Waals surface area contributed by atoms with Crippen molar-refractivity contribution >= 4 is 28.3 Å². The number of aryl methyl sites for hydroxylation is 1. The first-order chi connectivity index (χ1) is 19.5. The van der Waals surface area contributed by atoms with E-state index in [-0.39, 0.29) is 43.5 Å². The number of nitrogens with one attached hydrogen (secondary N) is 1. The van der Waals surface area contributed by atoms with Gasteiger partial charge in [0.15, 0.2) is 0 Å². The molecule has 1 N–H and O–H groups in total. The van der Waals surface area contributed by atoms with Gasteiger partial charge in [-0.05, 0) is 86.3 Å². The van der Waals surface area contributed by atoms with Gasteiger partial charge in [-0.3, -0.25) is 4.79 Å². The fourth-order valence-electron chi connectivity index (χ4n) is 5.87. The van der Waals surface area contributed by atoms with Gasteiger partial charge in [0.2, 0.25) is 15.9 Å². The number of halogens is 8. The smallest absolute Gasteiger partial charge is 0.341 e. The average Bonchev–Trinajstić information content (AvgIpc) is 2.91. The Morgan fingerprint density at radius 1 is 0.977 bits per heavy atom. The van der Waals surface area contributed by atoms with Crippen LogP contribution in [-0.4, -0.2) is 62.0 Å². The van der Waals surface area contributed by atoms with Crippen molar-refractivity contribution in [2.45, 2.75) is 56.3 Å². The molecule has 2 heterocycles. The number of amides is 1. The molecule has 6 nitrogen and oxygen atoms in total. The van der Waals surface area contributed by atoms with Gasteiger partial charge in [-0.25, -0.2) is 17.1 Å². The number of nitrogens with zero attached hydrogens (tertiary/aromatic N) is 2. The van der Waals surface area contributed by atoms with Crippen molar-refractivity contribution in [1.29, 1.82) is 0 Å². The zero-order valence-electron chi connectivity index (χ0n) is 23.4. The molecule has 0 saturated carbocycles. The van der Waals surface area contributed by atoms with Crippen LogP contribution in [0.4, 0.5) is 30.7 Å².